The Balaban J connectivity index is 3.87. The number of phosphoric acid groups is 1. The first-order valence-electron chi connectivity index (χ1n) is 33.5. The van der Waals surface area contributed by atoms with Crippen LogP contribution in [-0.4, -0.2) is 70.0 Å². The van der Waals surface area contributed by atoms with Gasteiger partial charge in [0.2, 0.25) is 0 Å². The van der Waals surface area contributed by atoms with Crippen molar-refractivity contribution in [3.05, 3.63) is 60.8 Å². The number of nitrogens with zero attached hydrogens (tertiary/aromatic N) is 1. The van der Waals surface area contributed by atoms with Gasteiger partial charge in [0.1, 0.15) is 19.8 Å². The molecule has 0 saturated heterocycles. The summed E-state index contributed by atoms with van der Waals surface area (Å²) in [5.74, 6) is -0.972. The number of carbonyl (C=O) groups is 2. The molecule has 0 rings (SSSR count). The van der Waals surface area contributed by atoms with E-state index < -0.39 is 32.5 Å². The van der Waals surface area contributed by atoms with Gasteiger partial charge < -0.3 is 27.9 Å². The van der Waals surface area contributed by atoms with Crippen molar-refractivity contribution in [3.8, 4) is 0 Å². The van der Waals surface area contributed by atoms with Crippen molar-refractivity contribution in [2.75, 3.05) is 47.5 Å². The third kappa shape index (κ3) is 64.7. The lowest BCUT2D eigenvalue weighted by Gasteiger charge is -2.28. The lowest BCUT2D eigenvalue weighted by atomic mass is 10.0. The van der Waals surface area contributed by atoms with Crippen LogP contribution in [0.2, 0.25) is 0 Å². The molecule has 0 saturated carbocycles. The smallest absolute Gasteiger partial charge is 0.310 e. The number of carbonyl (C=O) groups excluding carboxylic acids is 2. The molecule has 0 heterocycles. The molecule has 0 aromatic heterocycles. The fraction of sp³-hybridized carbons (Fsp3) is 0.826. The van der Waals surface area contributed by atoms with Crippen molar-refractivity contribution in [3.63, 3.8) is 0 Å². The average molecular weight is 1130 g/mol. The summed E-state index contributed by atoms with van der Waals surface area (Å²) in [6.45, 7) is 4.04. The summed E-state index contributed by atoms with van der Waals surface area (Å²) in [6, 6.07) is 0. The van der Waals surface area contributed by atoms with Crippen LogP contribution in [0.4, 0.5) is 0 Å². The number of hydrogen-bond acceptors (Lipinski definition) is 8. The first-order chi connectivity index (χ1) is 38.5. The van der Waals surface area contributed by atoms with E-state index in [0.29, 0.717) is 17.4 Å². The first kappa shape index (κ1) is 76.7. The van der Waals surface area contributed by atoms with E-state index >= 15 is 0 Å². The van der Waals surface area contributed by atoms with Crippen LogP contribution in [0.3, 0.4) is 0 Å². The van der Waals surface area contributed by atoms with Crippen molar-refractivity contribution in [2.24, 2.45) is 0 Å². The standard InChI is InChI=1S/C69H128NO8P/c1-6-8-10-12-14-16-18-20-22-23-24-25-26-27-28-29-30-31-32-33-34-35-36-37-38-39-40-41-42-43-44-45-46-48-49-51-53-55-57-59-61-68(71)75-65-67(66-77-79(73,74)76-64-63-70(3,4)5)78-69(72)62-60-58-56-54-52-50-47-21-19-17-15-13-11-9-7-2/h9,11,15,17,21,47,52,54,58,60,67H,6-8,10,12-14,16,18-20,22-46,48-51,53,55-57,59,61-66H2,1-5H3/b11-9-,17-15-,47-21-,54-52-,60-58-. The Kier molecular flexibility index (Phi) is 58.6. The summed E-state index contributed by atoms with van der Waals surface area (Å²) in [5, 5.41) is 0. The van der Waals surface area contributed by atoms with Gasteiger partial charge in [0.15, 0.2) is 6.10 Å². The fourth-order valence-electron chi connectivity index (χ4n) is 9.74. The Labute approximate surface area is 489 Å². The Hall–Kier alpha value is -2.29. The second kappa shape index (κ2) is 60.3. The highest BCUT2D eigenvalue weighted by molar-refractivity contribution is 7.45. The van der Waals surface area contributed by atoms with E-state index in [2.05, 4.69) is 56.4 Å². The molecule has 0 bridgehead atoms. The summed E-state index contributed by atoms with van der Waals surface area (Å²) < 4.78 is 34.0. The summed E-state index contributed by atoms with van der Waals surface area (Å²) in [7, 11) is 1.12. The van der Waals surface area contributed by atoms with Gasteiger partial charge in [0.05, 0.1) is 34.2 Å². The predicted molar refractivity (Wildman–Crippen MR) is 337 cm³/mol. The zero-order valence-corrected chi connectivity index (χ0v) is 53.5. The maximum absolute atomic E-state index is 12.7. The van der Waals surface area contributed by atoms with Crippen molar-refractivity contribution < 1.29 is 42.1 Å². The SMILES string of the molecule is CC/C=C\C/C=C\C/C=C\C/C=C\C/C=C\CC(=O)OC(COC(=O)CCCCCCCCCCCCCCCCCCCCCCCCCCCCCCCCCCCCCCCCCC)COP(=O)([O-])OCC[N+](C)(C)C. The Morgan fingerprint density at radius 3 is 1.03 bits per heavy atom. The van der Waals surface area contributed by atoms with Crippen molar-refractivity contribution in [2.45, 2.75) is 322 Å². The summed E-state index contributed by atoms with van der Waals surface area (Å²) >= 11 is 0. The molecule has 79 heavy (non-hydrogen) atoms. The lowest BCUT2D eigenvalue weighted by Crippen LogP contribution is -2.37. The number of phosphoric ester groups is 1. The van der Waals surface area contributed by atoms with Gasteiger partial charge in [-0.2, -0.15) is 0 Å². The molecular formula is C69H128NO8P. The Morgan fingerprint density at radius 2 is 0.709 bits per heavy atom. The second-order valence-electron chi connectivity index (χ2n) is 23.8. The minimum atomic E-state index is -4.66. The number of esters is 2. The fourth-order valence-corrected chi connectivity index (χ4v) is 10.5. The summed E-state index contributed by atoms with van der Waals surface area (Å²) in [4.78, 5) is 37.8. The molecule has 2 atom stereocenters. The minimum absolute atomic E-state index is 0.00715. The van der Waals surface area contributed by atoms with E-state index in [0.717, 1.165) is 44.9 Å². The maximum atomic E-state index is 12.7. The van der Waals surface area contributed by atoms with Gasteiger partial charge in [-0.15, -0.1) is 0 Å². The average Bonchev–Trinajstić information content (AvgIpc) is 3.41. The Morgan fingerprint density at radius 1 is 0.405 bits per heavy atom. The molecule has 0 spiro atoms. The van der Waals surface area contributed by atoms with Crippen LogP contribution >= 0.6 is 7.82 Å². The van der Waals surface area contributed by atoms with E-state index in [-0.39, 0.29) is 26.1 Å². The van der Waals surface area contributed by atoms with Crippen LogP contribution in [0.15, 0.2) is 60.8 Å². The quantitative estimate of drug-likeness (QED) is 0.0195. The molecule has 0 fully saturated rings. The topological polar surface area (TPSA) is 111 Å². The van der Waals surface area contributed by atoms with Gasteiger partial charge >= 0.3 is 11.9 Å². The van der Waals surface area contributed by atoms with Crippen LogP contribution in [0.1, 0.15) is 316 Å². The lowest BCUT2D eigenvalue weighted by molar-refractivity contribution is -0.870. The summed E-state index contributed by atoms with van der Waals surface area (Å²) in [6.07, 6.45) is 79.5. The van der Waals surface area contributed by atoms with Crippen molar-refractivity contribution >= 4 is 19.8 Å². The zero-order chi connectivity index (χ0) is 57.7. The highest BCUT2D eigenvalue weighted by Crippen LogP contribution is 2.38. The molecule has 462 valence electrons. The number of hydrogen-bond donors (Lipinski definition) is 0. The monoisotopic (exact) mass is 1130 g/mol. The number of quaternary nitrogens is 1. The molecule has 0 aliphatic carbocycles. The van der Waals surface area contributed by atoms with E-state index in [1.54, 1.807) is 6.08 Å². The number of likely N-dealkylation sites (N-methyl/N-ethyl adjacent to an activating group) is 1. The maximum Gasteiger partial charge on any atom is 0.310 e. The highest BCUT2D eigenvalue weighted by Gasteiger charge is 2.21. The number of allylic oxidation sites excluding steroid dienone is 9. The molecule has 9 nitrogen and oxygen atoms in total. The first-order valence-corrected chi connectivity index (χ1v) is 35.0. The van der Waals surface area contributed by atoms with Crippen LogP contribution in [0, 0.1) is 0 Å². The molecule has 2 unspecified atom stereocenters. The molecule has 10 heteroatoms. The number of unbranched alkanes of at least 4 members (excludes halogenated alkanes) is 39. The molecule has 0 aromatic rings. The normalized spacial score (nSPS) is 13.5. The van der Waals surface area contributed by atoms with Gasteiger partial charge in [-0.3, -0.25) is 14.2 Å². The zero-order valence-electron chi connectivity index (χ0n) is 52.6. The molecule has 0 amide bonds. The molecular weight excluding hydrogens is 1000 g/mol. The largest absolute Gasteiger partial charge is 0.756 e. The third-order valence-electron chi connectivity index (χ3n) is 14.8. The third-order valence-corrected chi connectivity index (χ3v) is 15.8. The molecule has 0 radical (unpaired) electrons. The van der Waals surface area contributed by atoms with Crippen LogP contribution in [0.5, 0.6) is 0 Å². The van der Waals surface area contributed by atoms with Gasteiger partial charge in [-0.1, -0.05) is 325 Å². The van der Waals surface area contributed by atoms with E-state index in [4.69, 9.17) is 18.5 Å². The van der Waals surface area contributed by atoms with E-state index in [1.165, 1.54) is 238 Å². The minimum Gasteiger partial charge on any atom is -0.756 e. The summed E-state index contributed by atoms with van der Waals surface area (Å²) in [5.41, 5.74) is 0. The van der Waals surface area contributed by atoms with Gasteiger partial charge in [-0.25, -0.2) is 0 Å². The number of ether oxygens (including phenoxy) is 2. The molecule has 0 aliphatic rings. The van der Waals surface area contributed by atoms with Crippen molar-refractivity contribution in [1.82, 2.24) is 0 Å². The Bertz CT molecular complexity index is 1520. The van der Waals surface area contributed by atoms with Crippen molar-refractivity contribution in [1.29, 1.82) is 0 Å². The second-order valence-corrected chi connectivity index (χ2v) is 25.2. The van der Waals surface area contributed by atoms with Gasteiger partial charge in [0, 0.05) is 6.42 Å². The van der Waals surface area contributed by atoms with Crippen LogP contribution in [0.25, 0.3) is 0 Å². The number of rotatable bonds is 62. The van der Waals surface area contributed by atoms with Gasteiger partial charge in [-0.05, 0) is 38.5 Å². The predicted octanol–water partition coefficient (Wildman–Crippen LogP) is 20.8. The molecule has 0 aromatic carbocycles. The van der Waals surface area contributed by atoms with Gasteiger partial charge in [0.25, 0.3) is 7.82 Å². The highest BCUT2D eigenvalue weighted by atomic mass is 31.2. The van der Waals surface area contributed by atoms with E-state index in [9.17, 15) is 19.0 Å². The van der Waals surface area contributed by atoms with E-state index in [1.807, 2.05) is 33.3 Å². The molecule has 0 N–H and O–H groups in total. The molecule has 0 aliphatic heterocycles. The van der Waals surface area contributed by atoms with Crippen LogP contribution in [-0.2, 0) is 32.7 Å². The van der Waals surface area contributed by atoms with Crippen LogP contribution < -0.4 is 4.89 Å².